The van der Waals surface area contributed by atoms with Crippen LogP contribution in [0.15, 0.2) is 4.52 Å². The molecular formula is C14H19N5O3. The largest absolute Gasteiger partial charge is 0.376 e. The third-order valence-electron chi connectivity index (χ3n) is 3.60. The van der Waals surface area contributed by atoms with E-state index < -0.39 is 0 Å². The van der Waals surface area contributed by atoms with Crippen LogP contribution in [0.3, 0.4) is 0 Å². The predicted octanol–water partition coefficient (Wildman–Crippen LogP) is 1.09. The highest BCUT2D eigenvalue weighted by atomic mass is 16.5. The summed E-state index contributed by atoms with van der Waals surface area (Å²) >= 11 is 0. The Morgan fingerprint density at radius 1 is 1.45 bits per heavy atom. The molecule has 2 aromatic rings. The third-order valence-corrected chi connectivity index (χ3v) is 3.60. The van der Waals surface area contributed by atoms with E-state index in [-0.39, 0.29) is 12.5 Å². The lowest BCUT2D eigenvalue weighted by atomic mass is 10.1. The van der Waals surface area contributed by atoms with Gasteiger partial charge in [0.2, 0.25) is 5.89 Å². The zero-order valence-electron chi connectivity index (χ0n) is 12.8. The van der Waals surface area contributed by atoms with Crippen LogP contribution in [0, 0.1) is 0 Å². The molecule has 8 nitrogen and oxygen atoms in total. The number of ether oxygens (including phenoxy) is 1. The quantitative estimate of drug-likeness (QED) is 0.888. The summed E-state index contributed by atoms with van der Waals surface area (Å²) in [4.78, 5) is 18.3. The van der Waals surface area contributed by atoms with E-state index in [2.05, 4.69) is 27.3 Å². The summed E-state index contributed by atoms with van der Waals surface area (Å²) in [5.41, 5.74) is 2.23. The van der Waals surface area contributed by atoms with Crippen molar-refractivity contribution in [3.63, 3.8) is 0 Å². The maximum atomic E-state index is 12.5. The van der Waals surface area contributed by atoms with Crippen LogP contribution in [0.2, 0.25) is 0 Å². The van der Waals surface area contributed by atoms with Crippen molar-refractivity contribution in [2.75, 3.05) is 13.7 Å². The number of nitrogens with one attached hydrogen (secondary N) is 1. The molecule has 0 radical (unpaired) electrons. The smallest absolute Gasteiger partial charge is 0.274 e. The number of amides is 1. The molecule has 3 heterocycles. The van der Waals surface area contributed by atoms with E-state index in [4.69, 9.17) is 9.26 Å². The van der Waals surface area contributed by atoms with E-state index in [0.717, 1.165) is 30.5 Å². The average Bonchev–Trinajstić information content (AvgIpc) is 3.13. The van der Waals surface area contributed by atoms with E-state index in [9.17, 15) is 4.79 Å². The molecule has 2 aromatic heterocycles. The van der Waals surface area contributed by atoms with Gasteiger partial charge in [-0.15, -0.1) is 0 Å². The fourth-order valence-electron chi connectivity index (χ4n) is 2.42. The highest BCUT2D eigenvalue weighted by Gasteiger charge is 2.25. The number of aromatic amines is 1. The fraction of sp³-hybridized carbons (Fsp3) is 0.571. The molecule has 0 unspecified atom stereocenters. The molecule has 0 aromatic carbocycles. The number of carbonyl (C=O) groups excluding carboxylic acids is 1. The lowest BCUT2D eigenvalue weighted by Crippen LogP contribution is -2.28. The predicted molar refractivity (Wildman–Crippen MR) is 76.0 cm³/mol. The first kappa shape index (κ1) is 14.7. The Kier molecular flexibility index (Phi) is 4.19. The van der Waals surface area contributed by atoms with Crippen molar-refractivity contribution in [2.45, 2.75) is 39.3 Å². The van der Waals surface area contributed by atoms with Gasteiger partial charge in [-0.3, -0.25) is 9.89 Å². The number of carbonyl (C=O) groups is 1. The first-order chi connectivity index (χ1) is 10.7. The molecule has 0 fully saturated rings. The molecule has 1 aliphatic heterocycles. The zero-order valence-corrected chi connectivity index (χ0v) is 12.8. The molecule has 0 atom stereocenters. The molecule has 1 amide bonds. The normalized spacial score (nSPS) is 13.9. The minimum absolute atomic E-state index is 0.182. The van der Waals surface area contributed by atoms with Crippen molar-refractivity contribution < 1.29 is 14.1 Å². The number of aromatic nitrogens is 4. The lowest BCUT2D eigenvalue weighted by molar-refractivity contribution is 0.0750. The summed E-state index contributed by atoms with van der Waals surface area (Å²) in [6.45, 7) is 3.38. The van der Waals surface area contributed by atoms with Gasteiger partial charge in [-0.05, 0) is 6.42 Å². The van der Waals surface area contributed by atoms with Gasteiger partial charge in [0, 0.05) is 31.1 Å². The lowest BCUT2D eigenvalue weighted by Gasteiger charge is -2.16. The Labute approximate surface area is 127 Å². The van der Waals surface area contributed by atoms with E-state index in [1.165, 1.54) is 4.90 Å². The van der Waals surface area contributed by atoms with Crippen LogP contribution in [0.5, 0.6) is 0 Å². The fourth-order valence-corrected chi connectivity index (χ4v) is 2.42. The SMILES string of the molecule is CCCc1noc(CN(C)C(=O)c2n[nH]c3c2COCC3)n1. The van der Waals surface area contributed by atoms with Gasteiger partial charge in [-0.25, -0.2) is 0 Å². The van der Waals surface area contributed by atoms with Gasteiger partial charge in [-0.2, -0.15) is 10.1 Å². The van der Waals surface area contributed by atoms with E-state index >= 15 is 0 Å². The number of aryl methyl sites for hydroxylation is 1. The first-order valence-corrected chi connectivity index (χ1v) is 7.39. The molecule has 0 saturated carbocycles. The van der Waals surface area contributed by atoms with Crippen LogP contribution in [0.4, 0.5) is 0 Å². The van der Waals surface area contributed by atoms with Crippen LogP contribution >= 0.6 is 0 Å². The Balaban J connectivity index is 1.70. The van der Waals surface area contributed by atoms with Crippen LogP contribution in [-0.2, 0) is 30.7 Å². The second-order valence-electron chi connectivity index (χ2n) is 5.35. The number of nitrogens with zero attached hydrogens (tertiary/aromatic N) is 4. The maximum absolute atomic E-state index is 12.5. The van der Waals surface area contributed by atoms with Crippen LogP contribution in [0.25, 0.3) is 0 Å². The number of H-pyrrole nitrogens is 1. The van der Waals surface area contributed by atoms with Gasteiger partial charge in [0.05, 0.1) is 13.2 Å². The minimum atomic E-state index is -0.182. The summed E-state index contributed by atoms with van der Waals surface area (Å²) in [6.07, 6.45) is 2.47. The first-order valence-electron chi connectivity index (χ1n) is 7.39. The van der Waals surface area contributed by atoms with Crippen molar-refractivity contribution >= 4 is 5.91 Å². The number of hydrogen-bond acceptors (Lipinski definition) is 6. The Bertz CT molecular complexity index is 663. The van der Waals surface area contributed by atoms with Gasteiger partial charge in [-0.1, -0.05) is 12.1 Å². The molecule has 8 heteroatoms. The van der Waals surface area contributed by atoms with Gasteiger partial charge in [0.15, 0.2) is 11.5 Å². The van der Waals surface area contributed by atoms with Crippen molar-refractivity contribution in [3.8, 4) is 0 Å². The maximum Gasteiger partial charge on any atom is 0.274 e. The average molecular weight is 305 g/mol. The third kappa shape index (κ3) is 2.87. The molecule has 0 spiro atoms. The monoisotopic (exact) mass is 305 g/mol. The summed E-state index contributed by atoms with van der Waals surface area (Å²) in [7, 11) is 1.69. The summed E-state index contributed by atoms with van der Waals surface area (Å²) in [5.74, 6) is 0.919. The molecule has 1 N–H and O–H groups in total. The zero-order chi connectivity index (χ0) is 15.5. The van der Waals surface area contributed by atoms with Gasteiger partial charge in [0.1, 0.15) is 6.54 Å². The second kappa shape index (κ2) is 6.27. The molecule has 0 saturated heterocycles. The summed E-state index contributed by atoms with van der Waals surface area (Å²) in [6, 6.07) is 0. The molecule has 22 heavy (non-hydrogen) atoms. The Morgan fingerprint density at radius 3 is 3.14 bits per heavy atom. The van der Waals surface area contributed by atoms with Gasteiger partial charge < -0.3 is 14.2 Å². The van der Waals surface area contributed by atoms with Crippen molar-refractivity contribution in [3.05, 3.63) is 28.7 Å². The summed E-state index contributed by atoms with van der Waals surface area (Å²) in [5, 5.41) is 10.9. The molecule has 0 aliphatic carbocycles. The van der Waals surface area contributed by atoms with E-state index in [1.54, 1.807) is 7.05 Å². The molecule has 118 valence electrons. The van der Waals surface area contributed by atoms with Crippen LogP contribution < -0.4 is 0 Å². The van der Waals surface area contributed by atoms with Crippen molar-refractivity contribution in [1.82, 2.24) is 25.2 Å². The molecule has 0 bridgehead atoms. The number of rotatable bonds is 5. The molecule has 1 aliphatic rings. The number of hydrogen-bond donors (Lipinski definition) is 1. The highest BCUT2D eigenvalue weighted by molar-refractivity contribution is 5.93. The van der Waals surface area contributed by atoms with Crippen molar-refractivity contribution in [2.24, 2.45) is 0 Å². The Morgan fingerprint density at radius 2 is 2.32 bits per heavy atom. The van der Waals surface area contributed by atoms with Crippen LogP contribution in [0.1, 0.15) is 46.8 Å². The standard InChI is InChI=1S/C14H19N5O3/c1-3-4-11-15-12(22-18-11)7-19(2)14(20)13-9-8-21-6-5-10(9)16-17-13/h3-8H2,1-2H3,(H,16,17). The van der Waals surface area contributed by atoms with E-state index in [1.807, 2.05) is 0 Å². The van der Waals surface area contributed by atoms with Crippen LogP contribution in [-0.4, -0.2) is 44.8 Å². The molecular weight excluding hydrogens is 286 g/mol. The molecule has 3 rings (SSSR count). The topological polar surface area (TPSA) is 97.1 Å². The van der Waals surface area contributed by atoms with Gasteiger partial charge >= 0.3 is 0 Å². The minimum Gasteiger partial charge on any atom is -0.376 e. The Hall–Kier alpha value is -2.22. The highest BCUT2D eigenvalue weighted by Crippen LogP contribution is 2.19. The van der Waals surface area contributed by atoms with E-state index in [0.29, 0.717) is 30.6 Å². The van der Waals surface area contributed by atoms with Gasteiger partial charge in [0.25, 0.3) is 5.91 Å². The number of fused-ring (bicyclic) bond motifs is 1. The second-order valence-corrected chi connectivity index (χ2v) is 5.35. The summed E-state index contributed by atoms with van der Waals surface area (Å²) < 4.78 is 10.6. The van der Waals surface area contributed by atoms with Crippen molar-refractivity contribution in [1.29, 1.82) is 0 Å².